The normalized spacial score (nSPS) is 13.3. The van der Waals surface area contributed by atoms with Gasteiger partial charge in [0.05, 0.1) is 15.6 Å². The summed E-state index contributed by atoms with van der Waals surface area (Å²) < 4.78 is 0. The van der Waals surface area contributed by atoms with Gasteiger partial charge in [0.1, 0.15) is 18.1 Å². The Balaban J connectivity index is 1.98. The molecule has 0 amide bonds. The van der Waals surface area contributed by atoms with Gasteiger partial charge < -0.3 is 5.32 Å². The van der Waals surface area contributed by atoms with Gasteiger partial charge in [-0.25, -0.2) is 9.97 Å². The van der Waals surface area contributed by atoms with Crippen molar-refractivity contribution in [3.63, 3.8) is 0 Å². The molecule has 1 aromatic heterocycles. The number of nitrogens with zero attached hydrogens (tertiary/aromatic N) is 5. The number of hydrogen-bond acceptors (Lipinski definition) is 7. The summed E-state index contributed by atoms with van der Waals surface area (Å²) in [5, 5.41) is 15.7. The van der Waals surface area contributed by atoms with Crippen LogP contribution in [0, 0.1) is 6.92 Å². The summed E-state index contributed by atoms with van der Waals surface area (Å²) in [4.78, 5) is 10.8. The number of nitrogens with one attached hydrogen (secondary N) is 1. The highest BCUT2D eigenvalue weighted by molar-refractivity contribution is 7.99. The Labute approximate surface area is 147 Å². The average Bonchev–Trinajstić information content (AvgIpc) is 3.05. The zero-order chi connectivity index (χ0) is 16.4. The Morgan fingerprint density at radius 3 is 2.70 bits per heavy atom. The highest BCUT2D eigenvalue weighted by Gasteiger charge is 2.18. The van der Waals surface area contributed by atoms with Crippen LogP contribution in [0.15, 0.2) is 43.4 Å². The van der Waals surface area contributed by atoms with Gasteiger partial charge in [0.15, 0.2) is 5.82 Å². The standard InChI is InChI=1S/C14H12Cl2N6S/c1-7-12(23-11-4-3-8(15)5-9(11)16)14(17-2)20-13(19-7)10-6-18-22-21-10/h3-5H,6H2,1-2H3,(H,17,19,20). The minimum absolute atomic E-state index is 0.401. The lowest BCUT2D eigenvalue weighted by Gasteiger charge is -2.13. The molecule has 0 unspecified atom stereocenters. The number of rotatable bonds is 4. The molecular weight excluding hydrogens is 355 g/mol. The summed E-state index contributed by atoms with van der Waals surface area (Å²) in [5.74, 6) is 1.24. The number of benzene rings is 1. The van der Waals surface area contributed by atoms with E-state index in [2.05, 4.69) is 30.7 Å². The van der Waals surface area contributed by atoms with Crippen molar-refractivity contribution < 1.29 is 0 Å². The van der Waals surface area contributed by atoms with E-state index in [4.69, 9.17) is 23.2 Å². The smallest absolute Gasteiger partial charge is 0.180 e. The first-order chi connectivity index (χ1) is 11.1. The Kier molecular flexibility index (Phi) is 4.79. The lowest BCUT2D eigenvalue weighted by atomic mass is 10.3. The number of anilines is 1. The lowest BCUT2D eigenvalue weighted by molar-refractivity contribution is 1.00. The van der Waals surface area contributed by atoms with E-state index in [1.165, 1.54) is 11.8 Å². The van der Waals surface area contributed by atoms with E-state index in [1.807, 2.05) is 20.0 Å². The maximum atomic E-state index is 6.25. The van der Waals surface area contributed by atoms with Gasteiger partial charge in [0, 0.05) is 17.0 Å². The van der Waals surface area contributed by atoms with Crippen molar-refractivity contribution in [1.82, 2.24) is 9.97 Å². The molecule has 1 aliphatic rings. The molecular formula is C14H12Cl2N6S. The van der Waals surface area contributed by atoms with Gasteiger partial charge >= 0.3 is 0 Å². The maximum absolute atomic E-state index is 6.25. The van der Waals surface area contributed by atoms with Gasteiger partial charge in [-0.05, 0) is 30.3 Å². The van der Waals surface area contributed by atoms with Crippen LogP contribution in [0.2, 0.25) is 10.0 Å². The third-order valence-corrected chi connectivity index (χ3v) is 5.01. The first-order valence-corrected chi connectivity index (χ1v) is 8.28. The van der Waals surface area contributed by atoms with Crippen molar-refractivity contribution in [1.29, 1.82) is 0 Å². The molecule has 0 saturated carbocycles. The molecule has 2 aromatic rings. The largest absolute Gasteiger partial charge is 0.372 e. The molecule has 0 saturated heterocycles. The molecule has 0 atom stereocenters. The fourth-order valence-electron chi connectivity index (χ4n) is 1.98. The molecule has 9 heteroatoms. The minimum Gasteiger partial charge on any atom is -0.372 e. The molecule has 118 valence electrons. The SMILES string of the molecule is CNc1nc(C2=NN=NC2)nc(C)c1Sc1ccc(Cl)cc1Cl. The fraction of sp³-hybridized carbons (Fsp3) is 0.214. The molecule has 0 spiro atoms. The summed E-state index contributed by atoms with van der Waals surface area (Å²) in [6.07, 6.45) is 0. The van der Waals surface area contributed by atoms with E-state index >= 15 is 0 Å². The Morgan fingerprint density at radius 2 is 2.04 bits per heavy atom. The summed E-state index contributed by atoms with van der Waals surface area (Å²) in [7, 11) is 1.81. The van der Waals surface area contributed by atoms with Gasteiger partial charge in [-0.2, -0.15) is 5.11 Å². The fourth-order valence-corrected chi connectivity index (χ4v) is 3.46. The quantitative estimate of drug-likeness (QED) is 0.866. The molecule has 1 aromatic carbocycles. The van der Waals surface area contributed by atoms with E-state index in [0.717, 1.165) is 15.5 Å². The topological polar surface area (TPSA) is 74.9 Å². The predicted molar refractivity (Wildman–Crippen MR) is 93.2 cm³/mol. The predicted octanol–water partition coefficient (Wildman–Crippen LogP) is 4.45. The second-order valence-electron chi connectivity index (χ2n) is 4.67. The number of aryl methyl sites for hydroxylation is 1. The Morgan fingerprint density at radius 1 is 1.22 bits per heavy atom. The van der Waals surface area contributed by atoms with Crippen molar-refractivity contribution in [3.8, 4) is 0 Å². The first kappa shape index (κ1) is 16.2. The van der Waals surface area contributed by atoms with Gasteiger partial charge in [0.25, 0.3) is 0 Å². The van der Waals surface area contributed by atoms with Crippen LogP contribution in [-0.2, 0) is 0 Å². The molecule has 0 bridgehead atoms. The highest BCUT2D eigenvalue weighted by atomic mass is 35.5. The Hall–Kier alpha value is -1.70. The number of hydrogen-bond donors (Lipinski definition) is 1. The first-order valence-electron chi connectivity index (χ1n) is 6.71. The Bertz CT molecular complexity index is 821. The number of halogens is 2. The van der Waals surface area contributed by atoms with Crippen molar-refractivity contribution in [2.24, 2.45) is 15.4 Å². The zero-order valence-corrected chi connectivity index (χ0v) is 14.7. The molecule has 1 aliphatic heterocycles. The van der Waals surface area contributed by atoms with E-state index in [9.17, 15) is 0 Å². The van der Waals surface area contributed by atoms with Gasteiger partial charge in [-0.1, -0.05) is 35.0 Å². The average molecular weight is 367 g/mol. The van der Waals surface area contributed by atoms with E-state index in [0.29, 0.717) is 33.9 Å². The van der Waals surface area contributed by atoms with Gasteiger partial charge in [0.2, 0.25) is 0 Å². The van der Waals surface area contributed by atoms with Crippen LogP contribution in [0.5, 0.6) is 0 Å². The van der Waals surface area contributed by atoms with Crippen LogP contribution in [-0.4, -0.2) is 29.3 Å². The molecule has 1 N–H and O–H groups in total. The van der Waals surface area contributed by atoms with E-state index in [-0.39, 0.29) is 0 Å². The third kappa shape index (κ3) is 3.46. The van der Waals surface area contributed by atoms with Crippen LogP contribution in [0.1, 0.15) is 11.5 Å². The van der Waals surface area contributed by atoms with E-state index in [1.54, 1.807) is 12.1 Å². The summed E-state index contributed by atoms with van der Waals surface area (Å²) in [6, 6.07) is 5.39. The molecule has 23 heavy (non-hydrogen) atoms. The molecule has 6 nitrogen and oxygen atoms in total. The second-order valence-corrected chi connectivity index (χ2v) is 6.57. The van der Waals surface area contributed by atoms with Crippen molar-refractivity contribution in [2.75, 3.05) is 18.9 Å². The summed E-state index contributed by atoms with van der Waals surface area (Å²) >= 11 is 13.7. The van der Waals surface area contributed by atoms with Crippen molar-refractivity contribution >= 4 is 46.5 Å². The van der Waals surface area contributed by atoms with Crippen molar-refractivity contribution in [3.05, 3.63) is 39.8 Å². The van der Waals surface area contributed by atoms with Crippen LogP contribution in [0.4, 0.5) is 5.82 Å². The second kappa shape index (κ2) is 6.82. The van der Waals surface area contributed by atoms with Crippen LogP contribution >= 0.6 is 35.0 Å². The highest BCUT2D eigenvalue weighted by Crippen LogP contribution is 2.39. The van der Waals surface area contributed by atoms with Crippen LogP contribution in [0.3, 0.4) is 0 Å². The summed E-state index contributed by atoms with van der Waals surface area (Å²) in [6.45, 7) is 2.32. The molecule has 2 heterocycles. The van der Waals surface area contributed by atoms with Gasteiger partial charge in [-0.15, -0.1) is 5.10 Å². The number of aromatic nitrogens is 2. The molecule has 0 radical (unpaired) electrons. The van der Waals surface area contributed by atoms with Crippen LogP contribution in [0.25, 0.3) is 0 Å². The molecule has 0 fully saturated rings. The van der Waals surface area contributed by atoms with Crippen LogP contribution < -0.4 is 5.32 Å². The molecule has 3 rings (SSSR count). The van der Waals surface area contributed by atoms with Gasteiger partial charge in [-0.3, -0.25) is 0 Å². The third-order valence-electron chi connectivity index (χ3n) is 3.09. The summed E-state index contributed by atoms with van der Waals surface area (Å²) in [5.41, 5.74) is 1.48. The lowest BCUT2D eigenvalue weighted by Crippen LogP contribution is -2.12. The minimum atomic E-state index is 0.401. The zero-order valence-electron chi connectivity index (χ0n) is 12.3. The monoisotopic (exact) mass is 366 g/mol. The van der Waals surface area contributed by atoms with Crippen molar-refractivity contribution in [2.45, 2.75) is 16.7 Å². The van der Waals surface area contributed by atoms with E-state index < -0.39 is 0 Å². The maximum Gasteiger partial charge on any atom is 0.180 e. The molecule has 0 aliphatic carbocycles.